The number of carbonyl (C=O) groups excluding carboxylic acids is 1. The lowest BCUT2D eigenvalue weighted by atomic mass is 9.71. The minimum atomic E-state index is -0.522. The van der Waals surface area contributed by atoms with Crippen LogP contribution >= 0.6 is 0 Å². The van der Waals surface area contributed by atoms with Crippen molar-refractivity contribution in [1.29, 1.82) is 0 Å². The van der Waals surface area contributed by atoms with Gasteiger partial charge in [-0.1, -0.05) is 12.8 Å². The molecule has 0 radical (unpaired) electrons. The highest BCUT2D eigenvalue weighted by atomic mass is 16.3. The van der Waals surface area contributed by atoms with Gasteiger partial charge in [-0.05, 0) is 19.3 Å². The van der Waals surface area contributed by atoms with Gasteiger partial charge in [-0.2, -0.15) is 5.10 Å². The Balaban J connectivity index is 1.72. The lowest BCUT2D eigenvalue weighted by molar-refractivity contribution is -0.0886. The van der Waals surface area contributed by atoms with Gasteiger partial charge in [0.15, 0.2) is 0 Å². The average Bonchev–Trinajstić information content (AvgIpc) is 2.90. The molecule has 2 fully saturated rings. The second-order valence-electron chi connectivity index (χ2n) is 5.53. The third kappa shape index (κ3) is 1.92. The first-order valence-corrected chi connectivity index (χ1v) is 6.69. The van der Waals surface area contributed by atoms with Gasteiger partial charge >= 0.3 is 0 Å². The molecule has 98 valence electrons. The number of fused-ring (bicyclic) bond motifs is 1. The summed E-state index contributed by atoms with van der Waals surface area (Å²) < 4.78 is 0. The summed E-state index contributed by atoms with van der Waals surface area (Å²) >= 11 is 0. The van der Waals surface area contributed by atoms with E-state index in [0.717, 1.165) is 19.3 Å². The molecule has 0 spiro atoms. The number of nitrogens with one attached hydrogen (secondary N) is 1. The molecule has 0 bridgehead atoms. The summed E-state index contributed by atoms with van der Waals surface area (Å²) in [5.74, 6) is 0.271. The number of aliphatic hydroxyl groups is 1. The molecule has 5 nitrogen and oxygen atoms in total. The zero-order valence-corrected chi connectivity index (χ0v) is 10.4. The normalized spacial score (nSPS) is 32.1. The Labute approximate surface area is 106 Å². The first-order valence-electron chi connectivity index (χ1n) is 6.69. The van der Waals surface area contributed by atoms with Gasteiger partial charge in [-0.3, -0.25) is 9.89 Å². The molecule has 1 saturated heterocycles. The molecule has 1 aromatic rings. The van der Waals surface area contributed by atoms with Gasteiger partial charge in [0, 0.05) is 25.2 Å². The molecular formula is C13H19N3O2. The second-order valence-corrected chi connectivity index (χ2v) is 5.53. The lowest BCUT2D eigenvalue weighted by Gasteiger charge is -2.47. The third-order valence-electron chi connectivity index (χ3n) is 4.46. The zero-order valence-electron chi connectivity index (χ0n) is 10.4. The predicted octanol–water partition coefficient (Wildman–Crippen LogP) is 1.18. The second kappa shape index (κ2) is 4.39. The number of hydrogen-bond donors (Lipinski definition) is 2. The summed E-state index contributed by atoms with van der Waals surface area (Å²) in [6.07, 6.45) is 8.11. The lowest BCUT2D eigenvalue weighted by Crippen LogP contribution is -2.54. The molecule has 2 heterocycles. The Morgan fingerprint density at radius 2 is 2.39 bits per heavy atom. The molecule has 3 rings (SSSR count). The van der Waals surface area contributed by atoms with E-state index in [9.17, 15) is 9.90 Å². The molecule has 2 aliphatic rings. The maximum atomic E-state index is 12.2. The monoisotopic (exact) mass is 249 g/mol. The van der Waals surface area contributed by atoms with E-state index in [4.69, 9.17) is 0 Å². The Kier molecular flexibility index (Phi) is 2.86. The van der Waals surface area contributed by atoms with E-state index < -0.39 is 5.60 Å². The van der Waals surface area contributed by atoms with Gasteiger partial charge in [-0.15, -0.1) is 0 Å². The number of hydrogen-bond acceptors (Lipinski definition) is 3. The highest BCUT2D eigenvalue weighted by molar-refractivity contribution is 5.93. The Hall–Kier alpha value is -1.36. The van der Waals surface area contributed by atoms with Crippen molar-refractivity contribution < 1.29 is 9.90 Å². The Morgan fingerprint density at radius 3 is 3.17 bits per heavy atom. The molecule has 1 amide bonds. The van der Waals surface area contributed by atoms with Crippen LogP contribution in [-0.4, -0.2) is 44.8 Å². The third-order valence-corrected chi connectivity index (χ3v) is 4.46. The van der Waals surface area contributed by atoms with Crippen molar-refractivity contribution in [1.82, 2.24) is 15.1 Å². The molecule has 0 unspecified atom stereocenters. The van der Waals surface area contributed by atoms with E-state index >= 15 is 0 Å². The first-order chi connectivity index (χ1) is 8.69. The van der Waals surface area contributed by atoms with E-state index in [0.29, 0.717) is 25.1 Å². The molecule has 1 aliphatic heterocycles. The fourth-order valence-corrected chi connectivity index (χ4v) is 3.31. The van der Waals surface area contributed by atoms with E-state index in [1.807, 2.05) is 4.90 Å². The van der Waals surface area contributed by atoms with Crippen LogP contribution in [0.2, 0.25) is 0 Å². The number of aromatic nitrogens is 2. The summed E-state index contributed by atoms with van der Waals surface area (Å²) in [4.78, 5) is 14.1. The van der Waals surface area contributed by atoms with Crippen LogP contribution in [0.5, 0.6) is 0 Å². The smallest absolute Gasteiger partial charge is 0.257 e. The molecule has 1 aromatic heterocycles. The Morgan fingerprint density at radius 1 is 1.50 bits per heavy atom. The quantitative estimate of drug-likeness (QED) is 0.785. The van der Waals surface area contributed by atoms with Gasteiger partial charge in [-0.25, -0.2) is 0 Å². The number of aromatic amines is 1. The molecule has 1 saturated carbocycles. The first kappa shape index (κ1) is 11.7. The summed E-state index contributed by atoms with van der Waals surface area (Å²) in [5, 5.41) is 17.0. The van der Waals surface area contributed by atoms with Gasteiger partial charge in [0.1, 0.15) is 0 Å². The number of rotatable bonds is 1. The van der Waals surface area contributed by atoms with Crippen molar-refractivity contribution in [3.63, 3.8) is 0 Å². The van der Waals surface area contributed by atoms with Crippen molar-refractivity contribution in [3.8, 4) is 0 Å². The highest BCUT2D eigenvalue weighted by Gasteiger charge is 2.43. The van der Waals surface area contributed by atoms with Crippen molar-refractivity contribution in [3.05, 3.63) is 18.0 Å². The highest BCUT2D eigenvalue weighted by Crippen LogP contribution is 2.39. The summed E-state index contributed by atoms with van der Waals surface area (Å²) in [7, 11) is 0. The van der Waals surface area contributed by atoms with Crippen molar-refractivity contribution in [2.45, 2.75) is 37.7 Å². The van der Waals surface area contributed by atoms with Gasteiger partial charge in [0.05, 0.1) is 17.4 Å². The largest absolute Gasteiger partial charge is 0.389 e. The maximum absolute atomic E-state index is 12.2. The average molecular weight is 249 g/mol. The van der Waals surface area contributed by atoms with Crippen LogP contribution < -0.4 is 0 Å². The number of piperidine rings is 1. The van der Waals surface area contributed by atoms with Crippen molar-refractivity contribution in [2.75, 3.05) is 13.1 Å². The van der Waals surface area contributed by atoms with Crippen LogP contribution in [0.25, 0.3) is 0 Å². The standard InChI is InChI=1S/C13H19N3O2/c17-12(10-7-14-15-8-10)16-6-5-13(18)4-2-1-3-11(13)9-16/h7-8,11,18H,1-6,9H2,(H,14,15)/t11-,13-/m0/s1. The fourth-order valence-electron chi connectivity index (χ4n) is 3.31. The zero-order chi connectivity index (χ0) is 12.6. The number of likely N-dealkylation sites (tertiary alicyclic amines) is 1. The van der Waals surface area contributed by atoms with Crippen LogP contribution in [0, 0.1) is 5.92 Å². The van der Waals surface area contributed by atoms with Gasteiger partial charge < -0.3 is 10.0 Å². The Bertz CT molecular complexity index is 431. The molecule has 5 heteroatoms. The minimum absolute atomic E-state index is 0.0244. The van der Waals surface area contributed by atoms with Crippen LogP contribution in [0.1, 0.15) is 42.5 Å². The van der Waals surface area contributed by atoms with Crippen LogP contribution in [0.15, 0.2) is 12.4 Å². The number of carbonyl (C=O) groups is 1. The number of H-pyrrole nitrogens is 1. The van der Waals surface area contributed by atoms with Crippen LogP contribution in [0.3, 0.4) is 0 Å². The SMILES string of the molecule is O=C(c1cn[nH]c1)N1CC[C@@]2(O)CCCC[C@H]2C1. The summed E-state index contributed by atoms with van der Waals surface area (Å²) in [6, 6.07) is 0. The van der Waals surface area contributed by atoms with E-state index in [2.05, 4.69) is 10.2 Å². The molecule has 1 aliphatic carbocycles. The van der Waals surface area contributed by atoms with Crippen molar-refractivity contribution in [2.24, 2.45) is 5.92 Å². The van der Waals surface area contributed by atoms with Crippen LogP contribution in [0.4, 0.5) is 0 Å². The molecule has 0 aromatic carbocycles. The number of amides is 1. The molecule has 18 heavy (non-hydrogen) atoms. The van der Waals surface area contributed by atoms with Gasteiger partial charge in [0.2, 0.25) is 0 Å². The summed E-state index contributed by atoms with van der Waals surface area (Å²) in [5.41, 5.74) is 0.0852. The topological polar surface area (TPSA) is 69.2 Å². The molecule has 2 N–H and O–H groups in total. The van der Waals surface area contributed by atoms with E-state index in [1.165, 1.54) is 6.42 Å². The molecule has 2 atom stereocenters. The fraction of sp³-hybridized carbons (Fsp3) is 0.692. The predicted molar refractivity (Wildman–Crippen MR) is 66.0 cm³/mol. The van der Waals surface area contributed by atoms with Gasteiger partial charge in [0.25, 0.3) is 5.91 Å². The molecular weight excluding hydrogens is 230 g/mol. The van der Waals surface area contributed by atoms with E-state index in [1.54, 1.807) is 12.4 Å². The van der Waals surface area contributed by atoms with Crippen molar-refractivity contribution >= 4 is 5.91 Å². The van der Waals surface area contributed by atoms with Crippen LogP contribution in [-0.2, 0) is 0 Å². The van der Waals surface area contributed by atoms with E-state index in [-0.39, 0.29) is 11.8 Å². The maximum Gasteiger partial charge on any atom is 0.257 e. The number of nitrogens with zero attached hydrogens (tertiary/aromatic N) is 2. The minimum Gasteiger partial charge on any atom is -0.389 e. The summed E-state index contributed by atoms with van der Waals surface area (Å²) in [6.45, 7) is 1.33.